The van der Waals surface area contributed by atoms with Crippen molar-refractivity contribution < 1.29 is 81.7 Å². The normalized spacial score (nSPS) is 28.6. The first-order chi connectivity index (χ1) is 34.6. The lowest BCUT2D eigenvalue weighted by Crippen LogP contribution is -2.82. The molecule has 0 radical (unpaired) electrons. The Kier molecular flexibility index (Phi) is 15.9. The highest BCUT2D eigenvalue weighted by Crippen LogP contribution is 2.64. The number of fused-ring (bicyclic) bond motifs is 5. The van der Waals surface area contributed by atoms with Crippen LogP contribution in [0.1, 0.15) is 112 Å². The predicted octanol–water partition coefficient (Wildman–Crippen LogP) is 5.53. The second-order valence-electron chi connectivity index (χ2n) is 19.7. The molecule has 11 atom stereocenters. The van der Waals surface area contributed by atoms with E-state index in [1.807, 2.05) is 0 Å². The Balaban J connectivity index is 1.38. The van der Waals surface area contributed by atoms with Crippen molar-refractivity contribution in [1.82, 2.24) is 5.32 Å². The molecule has 0 spiro atoms. The lowest BCUT2D eigenvalue weighted by atomic mass is 9.44. The molecule has 388 valence electrons. The van der Waals surface area contributed by atoms with Crippen LogP contribution in [0, 0.1) is 16.7 Å². The van der Waals surface area contributed by atoms with Gasteiger partial charge in [0.05, 0.1) is 35.9 Å². The van der Waals surface area contributed by atoms with Gasteiger partial charge in [0.2, 0.25) is 6.10 Å². The van der Waals surface area contributed by atoms with Crippen molar-refractivity contribution in [3.05, 3.63) is 132 Å². The third-order valence-electron chi connectivity index (χ3n) is 14.9. The van der Waals surface area contributed by atoms with E-state index in [0.29, 0.717) is 5.56 Å². The predicted molar refractivity (Wildman–Crippen MR) is 256 cm³/mol. The van der Waals surface area contributed by atoms with Gasteiger partial charge in [-0.05, 0) is 67.7 Å². The number of esters is 6. The summed E-state index contributed by atoms with van der Waals surface area (Å²) in [6.45, 7) is 11.2. The van der Waals surface area contributed by atoms with Crippen LogP contribution >= 0.6 is 0 Å². The van der Waals surface area contributed by atoms with Crippen LogP contribution in [-0.2, 0) is 61.9 Å². The third-order valence-corrected chi connectivity index (χ3v) is 14.9. The van der Waals surface area contributed by atoms with Crippen LogP contribution < -0.4 is 5.32 Å². The Morgan fingerprint density at radius 1 is 0.822 bits per heavy atom. The van der Waals surface area contributed by atoms with Gasteiger partial charge in [-0.15, -0.1) is 0 Å². The topological polar surface area (TPSA) is 254 Å². The third kappa shape index (κ3) is 10.3. The zero-order valence-electron chi connectivity index (χ0n) is 41.5. The van der Waals surface area contributed by atoms with Gasteiger partial charge in [0, 0.05) is 50.5 Å². The van der Waals surface area contributed by atoms with E-state index in [2.05, 4.69) is 11.9 Å². The fourth-order valence-corrected chi connectivity index (χ4v) is 11.2. The fraction of sp³-hybridized carbons (Fsp3) is 0.455. The van der Waals surface area contributed by atoms with Crippen LogP contribution in [0.15, 0.2) is 115 Å². The van der Waals surface area contributed by atoms with Gasteiger partial charge in [0.25, 0.3) is 5.91 Å². The van der Waals surface area contributed by atoms with Gasteiger partial charge in [-0.2, -0.15) is 0 Å². The van der Waals surface area contributed by atoms with Crippen molar-refractivity contribution in [3.63, 3.8) is 0 Å². The minimum absolute atomic E-state index is 0.0349. The fourth-order valence-electron chi connectivity index (χ4n) is 11.2. The highest BCUT2D eigenvalue weighted by Gasteiger charge is 2.78. The van der Waals surface area contributed by atoms with Gasteiger partial charge in [0.15, 0.2) is 17.5 Å². The molecule has 0 aromatic heterocycles. The number of unbranched alkanes of at least 4 members (excludes halogenated alkanes) is 1. The average Bonchev–Trinajstić information content (AvgIpc) is 3.35. The number of ether oxygens (including phenoxy) is 7. The van der Waals surface area contributed by atoms with E-state index in [9.17, 15) is 39.0 Å². The molecule has 1 heterocycles. The number of aliphatic hydroxyl groups is 2. The number of benzene rings is 3. The van der Waals surface area contributed by atoms with E-state index in [-0.39, 0.29) is 61.0 Å². The zero-order valence-corrected chi connectivity index (χ0v) is 41.5. The molecule has 18 heteroatoms. The van der Waals surface area contributed by atoms with Crippen LogP contribution in [0.2, 0.25) is 0 Å². The Morgan fingerprint density at radius 3 is 1.97 bits per heavy atom. The molecule has 3 aromatic carbocycles. The molecule has 1 amide bonds. The zero-order chi connectivity index (χ0) is 53.0. The number of carbonyl (C=O) groups is 8. The Hall–Kier alpha value is -7.02. The van der Waals surface area contributed by atoms with Crippen molar-refractivity contribution >= 4 is 47.5 Å². The molecule has 7 rings (SSSR count). The number of Topliss-reactive ketones (excluding diaryl/α,β-unsaturated/α-hetero) is 1. The molecule has 3 N–H and O–H groups in total. The maximum Gasteiger partial charge on any atom is 0.350 e. The van der Waals surface area contributed by atoms with Crippen LogP contribution in [0.4, 0.5) is 0 Å². The van der Waals surface area contributed by atoms with Gasteiger partial charge in [-0.25, -0.2) is 9.59 Å². The second-order valence-corrected chi connectivity index (χ2v) is 19.7. The van der Waals surface area contributed by atoms with Gasteiger partial charge in [-0.3, -0.25) is 28.8 Å². The monoisotopic (exact) mass is 1010 g/mol. The highest BCUT2D eigenvalue weighted by molar-refractivity contribution is 5.96. The van der Waals surface area contributed by atoms with E-state index in [4.69, 9.17) is 33.2 Å². The Bertz CT molecular complexity index is 2650. The van der Waals surface area contributed by atoms with Gasteiger partial charge >= 0.3 is 35.8 Å². The molecule has 18 nitrogen and oxygen atoms in total. The van der Waals surface area contributed by atoms with Gasteiger partial charge in [-0.1, -0.05) is 87.2 Å². The summed E-state index contributed by atoms with van der Waals surface area (Å²) in [5, 5.41) is 29.0. The van der Waals surface area contributed by atoms with E-state index < -0.39 is 125 Å². The minimum atomic E-state index is -2.48. The number of hydrogen-bond donors (Lipinski definition) is 3. The molecule has 0 unspecified atom stereocenters. The Labute approximate surface area is 422 Å². The van der Waals surface area contributed by atoms with E-state index in [1.54, 1.807) is 92.7 Å². The van der Waals surface area contributed by atoms with Gasteiger partial charge in [0.1, 0.15) is 30.0 Å². The Morgan fingerprint density at radius 2 is 1.41 bits per heavy atom. The molecule has 3 fully saturated rings. The summed E-state index contributed by atoms with van der Waals surface area (Å²) in [7, 11) is 0. The summed E-state index contributed by atoms with van der Waals surface area (Å²) in [6.07, 6.45) is -9.91. The summed E-state index contributed by atoms with van der Waals surface area (Å²) < 4.78 is 41.5. The van der Waals surface area contributed by atoms with Crippen molar-refractivity contribution in [1.29, 1.82) is 0 Å². The summed E-state index contributed by atoms with van der Waals surface area (Å²) >= 11 is 0. The van der Waals surface area contributed by atoms with E-state index in [1.165, 1.54) is 26.0 Å². The van der Waals surface area contributed by atoms with Crippen LogP contribution in [0.25, 0.3) is 0 Å². The number of carbonyl (C=O) groups excluding carboxylic acids is 8. The molecule has 1 saturated heterocycles. The van der Waals surface area contributed by atoms with Crippen LogP contribution in [0.5, 0.6) is 0 Å². The van der Waals surface area contributed by atoms with Crippen LogP contribution in [0.3, 0.4) is 0 Å². The molecule has 3 aromatic rings. The van der Waals surface area contributed by atoms with Crippen molar-refractivity contribution in [3.8, 4) is 0 Å². The first kappa shape index (κ1) is 53.8. The molecule has 1 aliphatic heterocycles. The molecular weight excluding hydrogens is 947 g/mol. The molecule has 3 aliphatic carbocycles. The van der Waals surface area contributed by atoms with E-state index >= 15 is 9.59 Å². The SMILES string of the molecule is C=COC(=O)CCCCC(=O)O[C@@H](C(=O)O[C@H]1C[C@@]2(O)[C@@H](OC(=O)c3ccccc3)[C@@H]3[C@]4(OC(C)=O)CO[C@@H]4C[C@H](O)[C@@]3(C)C(=O)[C@H](OC(C)=O)C(=C1C)C2(C)C)[C@@H](NC(=O)c1ccccc1)c1ccccc1. The van der Waals surface area contributed by atoms with Crippen molar-refractivity contribution in [2.24, 2.45) is 16.7 Å². The second kappa shape index (κ2) is 21.6. The lowest BCUT2D eigenvalue weighted by Gasteiger charge is -2.67. The van der Waals surface area contributed by atoms with Crippen LogP contribution in [-0.4, -0.2) is 112 Å². The number of nitrogens with one attached hydrogen (secondary N) is 1. The smallest absolute Gasteiger partial charge is 0.350 e. The van der Waals surface area contributed by atoms with Crippen molar-refractivity contribution in [2.45, 2.75) is 134 Å². The summed E-state index contributed by atoms with van der Waals surface area (Å²) in [5.41, 5.74) is -7.55. The molecule has 2 bridgehead atoms. The molecule has 4 aliphatic rings. The molecular formula is C55H61NO17. The van der Waals surface area contributed by atoms with Gasteiger partial charge < -0.3 is 48.7 Å². The maximum atomic E-state index is 15.7. The first-order valence-corrected chi connectivity index (χ1v) is 24.1. The number of amides is 1. The first-order valence-electron chi connectivity index (χ1n) is 24.1. The number of hydrogen-bond acceptors (Lipinski definition) is 17. The quantitative estimate of drug-likeness (QED) is 0.0494. The largest absolute Gasteiger partial charge is 0.455 e. The minimum Gasteiger partial charge on any atom is -0.455 e. The summed E-state index contributed by atoms with van der Waals surface area (Å²) in [5.74, 6) is -8.59. The standard InChI is InChI=1S/C55H61NO17/c1-8-67-40(60)26-18-19-27-41(61)71-45(43(34-20-12-9-13-21-34)56-49(63)35-22-14-10-15-23-35)51(65)70-37-29-55(66)48(72-50(64)36-24-16-11-17-25-36)46-53(7,38(59)28-39-54(46,30-68-39)73-33(4)58)47(62)44(69-32(3)57)42(31(37)2)52(55,5)6/h8-17,20-25,37-39,43-46,48,59,66H,1,18-19,26-30H2,2-7H3,(H,56,63)/t37-,38-,39+,43-,44+,45+,46-,48-,53+,54-,55+/m0/s1. The van der Waals surface area contributed by atoms with Crippen molar-refractivity contribution in [2.75, 3.05) is 6.61 Å². The highest BCUT2D eigenvalue weighted by atomic mass is 16.6. The summed E-state index contributed by atoms with van der Waals surface area (Å²) in [6, 6.07) is 22.6. The average molecular weight is 1010 g/mol. The number of aliphatic hydroxyl groups excluding tert-OH is 1. The number of ketones is 1. The maximum absolute atomic E-state index is 15.7. The molecule has 73 heavy (non-hydrogen) atoms. The summed E-state index contributed by atoms with van der Waals surface area (Å²) in [4.78, 5) is 112. The van der Waals surface area contributed by atoms with E-state index in [0.717, 1.165) is 20.1 Å². The molecule has 2 saturated carbocycles. The number of rotatable bonds is 17. The lowest BCUT2D eigenvalue weighted by molar-refractivity contribution is -0.346.